The van der Waals surface area contributed by atoms with Crippen molar-refractivity contribution < 1.29 is 0 Å². The number of rotatable bonds is 3. The minimum Gasteiger partial charge on any atom is -0.316 e. The first-order chi connectivity index (χ1) is 9.36. The minimum absolute atomic E-state index is 0.905. The highest BCUT2D eigenvalue weighted by Crippen LogP contribution is 2.23. The van der Waals surface area contributed by atoms with Gasteiger partial charge in [0.15, 0.2) is 0 Å². The molecule has 0 radical (unpaired) electrons. The zero-order valence-electron chi connectivity index (χ0n) is 10.9. The SMILES string of the molecule is CNCc1ccc(-c2ccc3ncccc3c2)cc1. The van der Waals surface area contributed by atoms with E-state index in [9.17, 15) is 0 Å². The third-order valence-electron chi connectivity index (χ3n) is 3.27. The van der Waals surface area contributed by atoms with Crippen molar-refractivity contribution >= 4 is 10.9 Å². The van der Waals surface area contributed by atoms with Gasteiger partial charge in [0.25, 0.3) is 0 Å². The fraction of sp³-hybridized carbons (Fsp3) is 0.118. The Morgan fingerprint density at radius 2 is 1.74 bits per heavy atom. The highest BCUT2D eigenvalue weighted by molar-refractivity contribution is 5.84. The zero-order valence-corrected chi connectivity index (χ0v) is 10.9. The summed E-state index contributed by atoms with van der Waals surface area (Å²) in [5.41, 5.74) is 4.81. The van der Waals surface area contributed by atoms with Crippen molar-refractivity contribution in [2.24, 2.45) is 0 Å². The van der Waals surface area contributed by atoms with Crippen molar-refractivity contribution in [3.05, 3.63) is 66.4 Å². The van der Waals surface area contributed by atoms with Crippen LogP contribution in [-0.4, -0.2) is 12.0 Å². The van der Waals surface area contributed by atoms with Crippen molar-refractivity contribution in [3.63, 3.8) is 0 Å². The molecule has 0 atom stereocenters. The first-order valence-corrected chi connectivity index (χ1v) is 6.45. The van der Waals surface area contributed by atoms with Crippen molar-refractivity contribution in [2.45, 2.75) is 6.54 Å². The Labute approximate surface area is 113 Å². The summed E-state index contributed by atoms with van der Waals surface area (Å²) in [5.74, 6) is 0. The lowest BCUT2D eigenvalue weighted by Crippen LogP contribution is -2.04. The van der Waals surface area contributed by atoms with E-state index in [1.807, 2.05) is 19.3 Å². The molecule has 2 heteroatoms. The van der Waals surface area contributed by atoms with Crippen LogP contribution in [0, 0.1) is 0 Å². The van der Waals surface area contributed by atoms with Crippen LogP contribution in [0.1, 0.15) is 5.56 Å². The fourth-order valence-electron chi connectivity index (χ4n) is 2.27. The number of pyridine rings is 1. The Kier molecular flexibility index (Phi) is 3.25. The van der Waals surface area contributed by atoms with Gasteiger partial charge in [0.05, 0.1) is 5.52 Å². The molecule has 2 aromatic carbocycles. The highest BCUT2D eigenvalue weighted by Gasteiger charge is 2.00. The number of nitrogens with one attached hydrogen (secondary N) is 1. The maximum Gasteiger partial charge on any atom is 0.0702 e. The van der Waals surface area contributed by atoms with E-state index in [1.165, 1.54) is 22.1 Å². The van der Waals surface area contributed by atoms with Gasteiger partial charge in [0.1, 0.15) is 0 Å². The number of fused-ring (bicyclic) bond motifs is 1. The molecule has 2 nitrogen and oxygen atoms in total. The van der Waals surface area contributed by atoms with Crippen LogP contribution in [0.4, 0.5) is 0 Å². The van der Waals surface area contributed by atoms with E-state index in [1.54, 1.807) is 0 Å². The number of hydrogen-bond acceptors (Lipinski definition) is 2. The smallest absolute Gasteiger partial charge is 0.0702 e. The molecular weight excluding hydrogens is 232 g/mol. The Morgan fingerprint density at radius 1 is 0.947 bits per heavy atom. The van der Waals surface area contributed by atoms with Crippen LogP contribution in [0.5, 0.6) is 0 Å². The van der Waals surface area contributed by atoms with E-state index in [-0.39, 0.29) is 0 Å². The van der Waals surface area contributed by atoms with E-state index in [0.29, 0.717) is 0 Å². The van der Waals surface area contributed by atoms with Crippen molar-refractivity contribution in [1.29, 1.82) is 0 Å². The average Bonchev–Trinajstić information content (AvgIpc) is 2.48. The van der Waals surface area contributed by atoms with Gasteiger partial charge in [-0.25, -0.2) is 0 Å². The molecule has 0 fully saturated rings. The standard InChI is InChI=1S/C17H16N2/c1-18-12-13-4-6-14(7-5-13)15-8-9-17-16(11-15)3-2-10-19-17/h2-11,18H,12H2,1H3. The lowest BCUT2D eigenvalue weighted by Gasteiger charge is -2.05. The van der Waals surface area contributed by atoms with Crippen LogP contribution in [-0.2, 0) is 6.54 Å². The van der Waals surface area contributed by atoms with Gasteiger partial charge in [-0.1, -0.05) is 36.4 Å². The number of nitrogens with zero attached hydrogens (tertiary/aromatic N) is 1. The molecule has 3 aromatic rings. The van der Waals surface area contributed by atoms with Crippen LogP contribution < -0.4 is 5.32 Å². The van der Waals surface area contributed by atoms with Gasteiger partial charge >= 0.3 is 0 Å². The predicted octanol–water partition coefficient (Wildman–Crippen LogP) is 3.62. The van der Waals surface area contributed by atoms with Crippen LogP contribution in [0.25, 0.3) is 22.0 Å². The maximum atomic E-state index is 4.35. The molecule has 0 aliphatic rings. The second kappa shape index (κ2) is 5.21. The summed E-state index contributed by atoms with van der Waals surface area (Å²) < 4.78 is 0. The van der Waals surface area contributed by atoms with E-state index in [4.69, 9.17) is 0 Å². The van der Waals surface area contributed by atoms with Crippen molar-refractivity contribution in [2.75, 3.05) is 7.05 Å². The molecule has 1 heterocycles. The molecule has 0 unspecified atom stereocenters. The fourth-order valence-corrected chi connectivity index (χ4v) is 2.27. The summed E-state index contributed by atoms with van der Waals surface area (Å²) in [6, 6.07) is 19.1. The number of hydrogen-bond donors (Lipinski definition) is 1. The van der Waals surface area contributed by atoms with Gasteiger partial charge in [0, 0.05) is 18.1 Å². The van der Waals surface area contributed by atoms with Crippen molar-refractivity contribution in [3.8, 4) is 11.1 Å². The molecule has 0 aliphatic heterocycles. The first kappa shape index (κ1) is 11.9. The van der Waals surface area contributed by atoms with E-state index in [0.717, 1.165) is 12.1 Å². The van der Waals surface area contributed by atoms with Crippen LogP contribution in [0.3, 0.4) is 0 Å². The second-order valence-corrected chi connectivity index (χ2v) is 4.64. The van der Waals surface area contributed by atoms with Gasteiger partial charge in [-0.05, 0) is 41.9 Å². The predicted molar refractivity (Wildman–Crippen MR) is 79.9 cm³/mol. The monoisotopic (exact) mass is 248 g/mol. The molecule has 19 heavy (non-hydrogen) atoms. The van der Waals surface area contributed by atoms with Crippen LogP contribution in [0.2, 0.25) is 0 Å². The molecule has 94 valence electrons. The molecule has 0 saturated carbocycles. The summed E-state index contributed by atoms with van der Waals surface area (Å²) in [6.07, 6.45) is 1.83. The molecule has 1 aromatic heterocycles. The molecule has 0 aliphatic carbocycles. The van der Waals surface area contributed by atoms with Gasteiger partial charge in [-0.15, -0.1) is 0 Å². The Morgan fingerprint density at radius 3 is 2.53 bits per heavy atom. The summed E-state index contributed by atoms with van der Waals surface area (Å²) in [6.45, 7) is 0.905. The maximum absolute atomic E-state index is 4.35. The molecule has 1 N–H and O–H groups in total. The molecule has 0 spiro atoms. The minimum atomic E-state index is 0.905. The highest BCUT2D eigenvalue weighted by atomic mass is 14.8. The van der Waals surface area contributed by atoms with Gasteiger partial charge in [0.2, 0.25) is 0 Å². The summed E-state index contributed by atoms with van der Waals surface area (Å²) in [7, 11) is 1.96. The van der Waals surface area contributed by atoms with Crippen LogP contribution in [0.15, 0.2) is 60.8 Å². The second-order valence-electron chi connectivity index (χ2n) is 4.64. The van der Waals surface area contributed by atoms with Crippen LogP contribution >= 0.6 is 0 Å². The molecule has 3 rings (SSSR count). The Hall–Kier alpha value is -2.19. The van der Waals surface area contributed by atoms with Gasteiger partial charge in [-0.2, -0.15) is 0 Å². The summed E-state index contributed by atoms with van der Waals surface area (Å²) in [5, 5.41) is 4.34. The van der Waals surface area contributed by atoms with E-state index in [2.05, 4.69) is 58.8 Å². The van der Waals surface area contributed by atoms with Gasteiger partial charge in [-0.3, -0.25) is 4.98 Å². The Bertz CT molecular complexity index is 687. The molecule has 0 bridgehead atoms. The Balaban J connectivity index is 1.99. The third-order valence-corrected chi connectivity index (χ3v) is 3.27. The quantitative estimate of drug-likeness (QED) is 0.765. The summed E-state index contributed by atoms with van der Waals surface area (Å²) in [4.78, 5) is 4.35. The molecule has 0 amide bonds. The topological polar surface area (TPSA) is 24.9 Å². The van der Waals surface area contributed by atoms with Crippen molar-refractivity contribution in [1.82, 2.24) is 10.3 Å². The largest absolute Gasteiger partial charge is 0.316 e. The lowest BCUT2D eigenvalue weighted by molar-refractivity contribution is 0.818. The number of aromatic nitrogens is 1. The average molecular weight is 248 g/mol. The number of benzene rings is 2. The van der Waals surface area contributed by atoms with Gasteiger partial charge < -0.3 is 5.32 Å². The summed E-state index contributed by atoms with van der Waals surface area (Å²) >= 11 is 0. The normalized spacial score (nSPS) is 10.8. The zero-order chi connectivity index (χ0) is 13.1. The molecular formula is C17H16N2. The van der Waals surface area contributed by atoms with E-state index >= 15 is 0 Å². The lowest BCUT2D eigenvalue weighted by atomic mass is 10.0. The third kappa shape index (κ3) is 2.49. The first-order valence-electron chi connectivity index (χ1n) is 6.45. The van der Waals surface area contributed by atoms with E-state index < -0.39 is 0 Å². The molecule has 0 saturated heterocycles.